The molecular weight excluding hydrogens is 578 g/mol. The summed E-state index contributed by atoms with van der Waals surface area (Å²) >= 11 is 0. The Labute approximate surface area is 270 Å². The lowest BCUT2D eigenvalue weighted by Gasteiger charge is -2.10. The molecule has 0 bridgehead atoms. The maximum Gasteiger partial charge on any atom is 0.164 e. The Hall–Kier alpha value is -6.89. The van der Waals surface area contributed by atoms with Gasteiger partial charge in [-0.2, -0.15) is 10.5 Å². The van der Waals surface area contributed by atoms with Gasteiger partial charge in [0.2, 0.25) is 0 Å². The largest absolute Gasteiger partial charge is 0.456 e. The van der Waals surface area contributed by atoms with Crippen LogP contribution in [0.25, 0.3) is 78.4 Å². The Morgan fingerprint density at radius 1 is 0.447 bits per heavy atom. The molecule has 0 aliphatic carbocycles. The van der Waals surface area contributed by atoms with Crippen LogP contribution in [0.5, 0.6) is 0 Å². The van der Waals surface area contributed by atoms with Gasteiger partial charge >= 0.3 is 0 Å². The molecule has 0 unspecified atom stereocenters. The average Bonchev–Trinajstić information content (AvgIpc) is 3.53. The number of nitriles is 2. The van der Waals surface area contributed by atoms with Crippen LogP contribution in [0, 0.1) is 22.7 Å². The third-order valence-electron chi connectivity index (χ3n) is 8.21. The summed E-state index contributed by atoms with van der Waals surface area (Å²) in [5.74, 6) is 1.53. The van der Waals surface area contributed by atoms with Gasteiger partial charge in [0.25, 0.3) is 0 Å². The summed E-state index contributed by atoms with van der Waals surface area (Å²) in [5.41, 5.74) is 8.64. The average molecular weight is 602 g/mol. The van der Waals surface area contributed by atoms with Gasteiger partial charge in [0, 0.05) is 33.0 Å². The van der Waals surface area contributed by atoms with E-state index in [1.165, 1.54) is 0 Å². The lowest BCUT2D eigenvalue weighted by atomic mass is 9.96. The Bertz CT molecular complexity index is 2540. The zero-order chi connectivity index (χ0) is 31.7. The molecule has 6 nitrogen and oxygen atoms in total. The topological polar surface area (TPSA) is 99.4 Å². The van der Waals surface area contributed by atoms with Crippen LogP contribution in [0.2, 0.25) is 0 Å². The Morgan fingerprint density at radius 2 is 1.09 bits per heavy atom. The summed E-state index contributed by atoms with van der Waals surface area (Å²) < 4.78 is 6.39. The Balaban J connectivity index is 1.28. The zero-order valence-corrected chi connectivity index (χ0v) is 24.9. The zero-order valence-electron chi connectivity index (χ0n) is 24.9. The van der Waals surface area contributed by atoms with E-state index in [-0.39, 0.29) is 0 Å². The SMILES string of the molecule is N#Cc1ccc(C#N)c(-c2cccc(-c3nc(-c4ccccc4)nc(-c4ccc5c(c4)oc4cccc(-c6ccccc6)c45)n3)c2)c1. The molecule has 2 aromatic heterocycles. The molecule has 0 spiro atoms. The van der Waals surface area contributed by atoms with Crippen molar-refractivity contribution in [2.45, 2.75) is 0 Å². The van der Waals surface area contributed by atoms with Crippen LogP contribution in [0.3, 0.4) is 0 Å². The summed E-state index contributed by atoms with van der Waals surface area (Å²) in [6.07, 6.45) is 0. The van der Waals surface area contributed by atoms with Crippen LogP contribution in [0.15, 0.2) is 144 Å². The summed E-state index contributed by atoms with van der Waals surface area (Å²) in [5, 5.41) is 21.3. The molecule has 0 atom stereocenters. The number of rotatable bonds is 5. The third-order valence-corrected chi connectivity index (χ3v) is 8.21. The molecule has 0 aliphatic rings. The van der Waals surface area contributed by atoms with Gasteiger partial charge in [-0.15, -0.1) is 0 Å². The van der Waals surface area contributed by atoms with Gasteiger partial charge in [-0.25, -0.2) is 15.0 Å². The minimum atomic E-state index is 0.482. The highest BCUT2D eigenvalue weighted by atomic mass is 16.3. The fourth-order valence-electron chi connectivity index (χ4n) is 5.95. The number of hydrogen-bond acceptors (Lipinski definition) is 6. The molecule has 0 N–H and O–H groups in total. The maximum atomic E-state index is 9.78. The Morgan fingerprint density at radius 3 is 1.81 bits per heavy atom. The predicted octanol–water partition coefficient (Wildman–Crippen LogP) is 9.85. The van der Waals surface area contributed by atoms with E-state index in [1.54, 1.807) is 18.2 Å². The standard InChI is InChI=1S/C41H23N5O/c42-24-26-17-18-32(25-43)35(21-26)29-13-7-14-30(22-29)40-44-39(28-11-5-2-6-12-28)45-41(46-40)31-19-20-34-37(23-31)47-36-16-8-15-33(38(34)36)27-9-3-1-4-10-27/h1-23H. The molecule has 0 fully saturated rings. The fourth-order valence-corrected chi connectivity index (χ4v) is 5.95. The maximum absolute atomic E-state index is 9.78. The van der Waals surface area contributed by atoms with Crippen molar-refractivity contribution in [3.63, 3.8) is 0 Å². The van der Waals surface area contributed by atoms with E-state index in [0.29, 0.717) is 34.2 Å². The minimum absolute atomic E-state index is 0.482. The van der Waals surface area contributed by atoms with E-state index in [9.17, 15) is 10.5 Å². The van der Waals surface area contributed by atoms with Gasteiger partial charge in [0.1, 0.15) is 11.2 Å². The van der Waals surface area contributed by atoms with Crippen molar-refractivity contribution in [3.05, 3.63) is 151 Å². The van der Waals surface area contributed by atoms with Gasteiger partial charge in [-0.05, 0) is 59.2 Å². The predicted molar refractivity (Wildman–Crippen MR) is 184 cm³/mol. The van der Waals surface area contributed by atoms with Crippen molar-refractivity contribution in [1.29, 1.82) is 10.5 Å². The smallest absolute Gasteiger partial charge is 0.164 e. The summed E-state index contributed by atoms with van der Waals surface area (Å²) in [7, 11) is 0. The first-order valence-electron chi connectivity index (χ1n) is 15.1. The highest BCUT2D eigenvalue weighted by Gasteiger charge is 2.17. The first-order chi connectivity index (χ1) is 23.2. The number of hydrogen-bond donors (Lipinski definition) is 0. The third kappa shape index (κ3) is 5.07. The molecule has 6 aromatic carbocycles. The molecule has 0 radical (unpaired) electrons. The molecule has 218 valence electrons. The van der Waals surface area contributed by atoms with Crippen molar-refractivity contribution in [2.24, 2.45) is 0 Å². The van der Waals surface area contributed by atoms with E-state index < -0.39 is 0 Å². The molecule has 0 saturated carbocycles. The highest BCUT2D eigenvalue weighted by molar-refractivity contribution is 6.13. The van der Waals surface area contributed by atoms with Crippen LogP contribution in [-0.4, -0.2) is 15.0 Å². The molecule has 2 heterocycles. The monoisotopic (exact) mass is 601 g/mol. The summed E-state index contributed by atoms with van der Waals surface area (Å²) in [6, 6.07) is 49.5. The molecule has 0 saturated heterocycles. The van der Waals surface area contributed by atoms with Crippen LogP contribution in [0.1, 0.15) is 11.1 Å². The molecular formula is C41H23N5O. The Kier molecular flexibility index (Phi) is 6.80. The minimum Gasteiger partial charge on any atom is -0.456 e. The second-order valence-corrected chi connectivity index (χ2v) is 11.1. The van der Waals surface area contributed by atoms with E-state index in [2.05, 4.69) is 36.4 Å². The van der Waals surface area contributed by atoms with E-state index >= 15 is 0 Å². The number of nitrogens with zero attached hydrogens (tertiary/aromatic N) is 5. The normalized spacial score (nSPS) is 10.9. The number of benzene rings is 6. The second kappa shape index (κ2) is 11.6. The highest BCUT2D eigenvalue weighted by Crippen LogP contribution is 2.38. The van der Waals surface area contributed by atoms with E-state index in [4.69, 9.17) is 19.4 Å². The van der Waals surface area contributed by atoms with Crippen LogP contribution in [0.4, 0.5) is 0 Å². The molecule has 8 rings (SSSR count). The van der Waals surface area contributed by atoms with Crippen molar-refractivity contribution in [3.8, 4) is 68.6 Å². The van der Waals surface area contributed by atoms with Gasteiger partial charge in [0.05, 0.1) is 23.3 Å². The molecule has 0 amide bonds. The van der Waals surface area contributed by atoms with Gasteiger partial charge in [-0.3, -0.25) is 0 Å². The molecule has 0 aliphatic heterocycles. The van der Waals surface area contributed by atoms with E-state index in [1.807, 2.05) is 97.1 Å². The second-order valence-electron chi connectivity index (χ2n) is 11.1. The van der Waals surface area contributed by atoms with Crippen molar-refractivity contribution in [2.75, 3.05) is 0 Å². The molecule has 47 heavy (non-hydrogen) atoms. The van der Waals surface area contributed by atoms with E-state index in [0.717, 1.165) is 55.3 Å². The first kappa shape index (κ1) is 27.6. The lowest BCUT2D eigenvalue weighted by molar-refractivity contribution is 0.669. The van der Waals surface area contributed by atoms with Gasteiger partial charge in [0.15, 0.2) is 17.5 Å². The first-order valence-corrected chi connectivity index (χ1v) is 15.1. The fraction of sp³-hybridized carbons (Fsp3) is 0. The van der Waals surface area contributed by atoms with Crippen molar-refractivity contribution in [1.82, 2.24) is 15.0 Å². The quantitative estimate of drug-likeness (QED) is 0.195. The van der Waals surface area contributed by atoms with Crippen molar-refractivity contribution < 1.29 is 4.42 Å². The van der Waals surface area contributed by atoms with Gasteiger partial charge < -0.3 is 4.42 Å². The van der Waals surface area contributed by atoms with Gasteiger partial charge in [-0.1, -0.05) is 97.1 Å². The van der Waals surface area contributed by atoms with Crippen molar-refractivity contribution >= 4 is 21.9 Å². The molecule has 8 aromatic rings. The number of fused-ring (bicyclic) bond motifs is 3. The van der Waals surface area contributed by atoms with Crippen LogP contribution in [-0.2, 0) is 0 Å². The molecule has 6 heteroatoms. The lowest BCUT2D eigenvalue weighted by Crippen LogP contribution is -2.00. The number of aromatic nitrogens is 3. The number of furan rings is 1. The van der Waals surface area contributed by atoms with Crippen LogP contribution >= 0.6 is 0 Å². The summed E-state index contributed by atoms with van der Waals surface area (Å²) in [6.45, 7) is 0. The van der Waals surface area contributed by atoms with Crippen LogP contribution < -0.4 is 0 Å². The summed E-state index contributed by atoms with van der Waals surface area (Å²) in [4.78, 5) is 14.8.